The highest BCUT2D eigenvalue weighted by Crippen LogP contribution is 2.37. The number of likely N-dealkylation sites (tertiary alicyclic amines) is 1. The van der Waals surface area contributed by atoms with E-state index in [4.69, 9.17) is 18.0 Å². The van der Waals surface area contributed by atoms with Crippen LogP contribution in [0.5, 0.6) is 0 Å². The van der Waals surface area contributed by atoms with E-state index in [1.165, 1.54) is 4.90 Å². The van der Waals surface area contributed by atoms with Crippen molar-refractivity contribution in [1.29, 1.82) is 0 Å². The second-order valence-electron chi connectivity index (χ2n) is 4.90. The molecule has 2 rings (SSSR count). The molecule has 1 saturated carbocycles. The van der Waals surface area contributed by atoms with E-state index in [2.05, 4.69) is 0 Å². The zero-order valence-corrected chi connectivity index (χ0v) is 10.7. The molecule has 0 aromatic carbocycles. The lowest BCUT2D eigenvalue weighted by Crippen LogP contribution is -2.32. The van der Waals surface area contributed by atoms with Crippen LogP contribution in [-0.4, -0.2) is 28.2 Å². The van der Waals surface area contributed by atoms with E-state index >= 15 is 0 Å². The predicted molar refractivity (Wildman–Crippen MR) is 68.2 cm³/mol. The van der Waals surface area contributed by atoms with Crippen LogP contribution >= 0.6 is 12.2 Å². The van der Waals surface area contributed by atoms with Gasteiger partial charge < -0.3 is 5.73 Å². The maximum atomic E-state index is 12.1. The average molecular weight is 254 g/mol. The summed E-state index contributed by atoms with van der Waals surface area (Å²) in [5.41, 5.74) is 5.41. The number of nitrogens with zero attached hydrogens (tertiary/aromatic N) is 1. The third-order valence-corrected chi connectivity index (χ3v) is 3.94. The predicted octanol–water partition coefficient (Wildman–Crippen LogP) is 1.23. The van der Waals surface area contributed by atoms with E-state index in [-0.39, 0.29) is 23.7 Å². The van der Waals surface area contributed by atoms with Gasteiger partial charge in [0.1, 0.15) is 0 Å². The first-order valence-corrected chi connectivity index (χ1v) is 6.65. The Morgan fingerprint density at radius 3 is 2.24 bits per heavy atom. The SMILES string of the molecule is NC(=S)CCCN1C(=O)C2CCCCC2C1=O. The summed E-state index contributed by atoms with van der Waals surface area (Å²) in [6, 6.07) is 0. The monoisotopic (exact) mass is 254 g/mol. The number of rotatable bonds is 4. The van der Waals surface area contributed by atoms with Crippen molar-refractivity contribution < 1.29 is 9.59 Å². The molecule has 4 nitrogen and oxygen atoms in total. The highest BCUT2D eigenvalue weighted by atomic mass is 32.1. The Morgan fingerprint density at radius 1 is 1.24 bits per heavy atom. The van der Waals surface area contributed by atoms with Crippen LogP contribution in [0.4, 0.5) is 0 Å². The molecule has 0 aromatic heterocycles. The van der Waals surface area contributed by atoms with Gasteiger partial charge in [-0.15, -0.1) is 0 Å². The molecule has 2 fully saturated rings. The van der Waals surface area contributed by atoms with Crippen molar-refractivity contribution >= 4 is 29.0 Å². The van der Waals surface area contributed by atoms with Gasteiger partial charge in [0.15, 0.2) is 0 Å². The summed E-state index contributed by atoms with van der Waals surface area (Å²) in [7, 11) is 0. The molecule has 0 aromatic rings. The molecular formula is C12H18N2O2S. The number of thiocarbonyl (C=S) groups is 1. The van der Waals surface area contributed by atoms with Crippen molar-refractivity contribution in [3.8, 4) is 0 Å². The summed E-state index contributed by atoms with van der Waals surface area (Å²) in [4.78, 5) is 26.0. The molecule has 2 N–H and O–H groups in total. The Labute approximate surface area is 107 Å². The lowest BCUT2D eigenvalue weighted by molar-refractivity contribution is -0.139. The Hall–Kier alpha value is -0.970. The van der Waals surface area contributed by atoms with E-state index in [0.717, 1.165) is 25.7 Å². The minimum absolute atomic E-state index is 0.0302. The van der Waals surface area contributed by atoms with Crippen LogP contribution in [0.2, 0.25) is 0 Å². The van der Waals surface area contributed by atoms with Crippen molar-refractivity contribution in [2.24, 2.45) is 17.6 Å². The van der Waals surface area contributed by atoms with Crippen LogP contribution < -0.4 is 5.73 Å². The minimum atomic E-state index is -0.0407. The van der Waals surface area contributed by atoms with Gasteiger partial charge >= 0.3 is 0 Å². The fourth-order valence-electron chi connectivity index (χ4n) is 2.86. The first kappa shape index (κ1) is 12.5. The van der Waals surface area contributed by atoms with Gasteiger partial charge in [0.2, 0.25) is 11.8 Å². The van der Waals surface area contributed by atoms with Crippen molar-refractivity contribution in [1.82, 2.24) is 4.90 Å². The third-order valence-electron chi connectivity index (χ3n) is 3.74. The number of imide groups is 1. The molecule has 94 valence electrons. The highest BCUT2D eigenvalue weighted by Gasteiger charge is 2.47. The largest absolute Gasteiger partial charge is 0.393 e. The van der Waals surface area contributed by atoms with Gasteiger partial charge in [-0.1, -0.05) is 25.1 Å². The second-order valence-corrected chi connectivity index (χ2v) is 5.42. The molecule has 0 spiro atoms. The molecule has 2 amide bonds. The molecule has 2 unspecified atom stereocenters. The van der Waals surface area contributed by atoms with E-state index in [9.17, 15) is 9.59 Å². The van der Waals surface area contributed by atoms with E-state index in [1.54, 1.807) is 0 Å². The summed E-state index contributed by atoms with van der Waals surface area (Å²) in [5, 5.41) is 0. The summed E-state index contributed by atoms with van der Waals surface area (Å²) in [5.74, 6) is -0.0209. The molecule has 5 heteroatoms. The van der Waals surface area contributed by atoms with Crippen LogP contribution in [0, 0.1) is 11.8 Å². The van der Waals surface area contributed by atoms with Gasteiger partial charge in [-0.25, -0.2) is 0 Å². The summed E-state index contributed by atoms with van der Waals surface area (Å²) >= 11 is 4.79. The number of carbonyl (C=O) groups excluding carboxylic acids is 2. The quantitative estimate of drug-likeness (QED) is 0.605. The van der Waals surface area contributed by atoms with Crippen LogP contribution in [0.25, 0.3) is 0 Å². The number of carbonyl (C=O) groups is 2. The first-order chi connectivity index (χ1) is 8.11. The second kappa shape index (κ2) is 5.12. The fraction of sp³-hybridized carbons (Fsp3) is 0.750. The standard InChI is InChI=1S/C12H18N2O2S/c13-10(17)6-3-7-14-11(15)8-4-1-2-5-9(8)12(14)16/h8-9H,1-7H2,(H2,13,17). The normalized spacial score (nSPS) is 28.4. The van der Waals surface area contributed by atoms with Crippen LogP contribution in [-0.2, 0) is 9.59 Å². The zero-order valence-electron chi connectivity index (χ0n) is 9.85. The Morgan fingerprint density at radius 2 is 1.76 bits per heavy atom. The number of amides is 2. The molecule has 1 heterocycles. The van der Waals surface area contributed by atoms with E-state index in [1.807, 2.05) is 0 Å². The molecule has 1 aliphatic carbocycles. The van der Waals surface area contributed by atoms with Gasteiger partial charge in [-0.3, -0.25) is 14.5 Å². The van der Waals surface area contributed by atoms with Gasteiger partial charge in [0, 0.05) is 6.54 Å². The van der Waals surface area contributed by atoms with Gasteiger partial charge in [-0.05, 0) is 25.7 Å². The van der Waals surface area contributed by atoms with Crippen molar-refractivity contribution in [2.75, 3.05) is 6.54 Å². The lowest BCUT2D eigenvalue weighted by atomic mass is 9.81. The smallest absolute Gasteiger partial charge is 0.233 e. The molecule has 1 saturated heterocycles. The van der Waals surface area contributed by atoms with E-state index in [0.29, 0.717) is 24.4 Å². The van der Waals surface area contributed by atoms with Crippen LogP contribution in [0.1, 0.15) is 38.5 Å². The number of nitrogens with two attached hydrogens (primary N) is 1. The highest BCUT2D eigenvalue weighted by molar-refractivity contribution is 7.80. The van der Waals surface area contributed by atoms with Crippen LogP contribution in [0.3, 0.4) is 0 Å². The van der Waals surface area contributed by atoms with Crippen LogP contribution in [0.15, 0.2) is 0 Å². The van der Waals surface area contributed by atoms with Crippen molar-refractivity contribution in [3.05, 3.63) is 0 Å². The Kier molecular flexibility index (Phi) is 3.76. The maximum Gasteiger partial charge on any atom is 0.233 e. The Bertz CT molecular complexity index is 332. The maximum absolute atomic E-state index is 12.1. The topological polar surface area (TPSA) is 63.4 Å². The third kappa shape index (κ3) is 2.49. The zero-order chi connectivity index (χ0) is 12.4. The molecule has 2 aliphatic rings. The summed E-state index contributed by atoms with van der Waals surface area (Å²) < 4.78 is 0. The fourth-order valence-corrected chi connectivity index (χ4v) is 3.01. The van der Waals surface area contributed by atoms with Gasteiger partial charge in [-0.2, -0.15) is 0 Å². The van der Waals surface area contributed by atoms with Gasteiger partial charge in [0.25, 0.3) is 0 Å². The number of hydrogen-bond acceptors (Lipinski definition) is 3. The van der Waals surface area contributed by atoms with Crippen molar-refractivity contribution in [3.63, 3.8) is 0 Å². The minimum Gasteiger partial charge on any atom is -0.393 e. The molecule has 2 atom stereocenters. The first-order valence-electron chi connectivity index (χ1n) is 6.25. The molecule has 1 aliphatic heterocycles. The molecule has 0 radical (unpaired) electrons. The summed E-state index contributed by atoms with van der Waals surface area (Å²) in [6.07, 6.45) is 5.18. The van der Waals surface area contributed by atoms with Gasteiger partial charge in [0.05, 0.1) is 16.8 Å². The number of fused-ring (bicyclic) bond motifs is 1. The van der Waals surface area contributed by atoms with Crippen molar-refractivity contribution in [2.45, 2.75) is 38.5 Å². The van der Waals surface area contributed by atoms with E-state index < -0.39 is 0 Å². The lowest BCUT2D eigenvalue weighted by Gasteiger charge is -2.19. The Balaban J connectivity index is 1.96. The molecule has 0 bridgehead atoms. The number of hydrogen-bond donors (Lipinski definition) is 1. The summed E-state index contributed by atoms with van der Waals surface area (Å²) in [6.45, 7) is 0.474. The average Bonchev–Trinajstić information content (AvgIpc) is 2.54. The molecule has 17 heavy (non-hydrogen) atoms. The molecular weight excluding hydrogens is 236 g/mol.